The van der Waals surface area contributed by atoms with Gasteiger partial charge in [0.25, 0.3) is 0 Å². The van der Waals surface area contributed by atoms with Crippen molar-refractivity contribution in [2.45, 2.75) is 26.2 Å². The number of nitrogens with zero attached hydrogens (tertiary/aromatic N) is 2. The van der Waals surface area contributed by atoms with E-state index in [0.717, 1.165) is 31.6 Å². The van der Waals surface area contributed by atoms with Gasteiger partial charge in [0, 0.05) is 12.6 Å². The molecule has 7 heteroatoms. The molecule has 0 bridgehead atoms. The maximum Gasteiger partial charge on any atom is 0.205 e. The molecule has 1 aromatic heterocycles. The minimum Gasteiger partial charge on any atom is -0.388 e. The first-order valence-electron chi connectivity index (χ1n) is 6.83. The van der Waals surface area contributed by atoms with Crippen molar-refractivity contribution in [3.8, 4) is 0 Å². The van der Waals surface area contributed by atoms with E-state index >= 15 is 0 Å². The van der Waals surface area contributed by atoms with E-state index in [0.29, 0.717) is 22.0 Å². The fourth-order valence-electron chi connectivity index (χ4n) is 1.97. The molecule has 0 saturated heterocycles. The van der Waals surface area contributed by atoms with Gasteiger partial charge in [0.2, 0.25) is 11.6 Å². The molecule has 3 N–H and O–H groups in total. The van der Waals surface area contributed by atoms with E-state index in [-0.39, 0.29) is 11.6 Å². The lowest BCUT2D eigenvalue weighted by molar-refractivity contribution is 0.0989. The molecule has 0 amide bonds. The van der Waals surface area contributed by atoms with Crippen LogP contribution in [0.1, 0.15) is 47.0 Å². The van der Waals surface area contributed by atoms with Gasteiger partial charge in [0.05, 0.1) is 22.5 Å². The van der Waals surface area contributed by atoms with Crippen LogP contribution in [0.15, 0.2) is 22.2 Å². The van der Waals surface area contributed by atoms with Crippen LogP contribution >= 0.6 is 11.8 Å². The molecule has 1 aliphatic carbocycles. The second-order valence-electron chi connectivity index (χ2n) is 4.79. The number of nitrogens with one attached hydrogen (secondary N) is 1. The molecule has 1 heterocycles. The number of Topliss-reactive ketones (excluding diaryl/α,β-unsaturated/α-hetero) is 1. The molecule has 112 valence electrons. The number of aromatic amines is 1. The second kappa shape index (κ2) is 7.21. The number of aromatic nitrogens is 2. The average molecular weight is 306 g/mol. The molecule has 0 atom stereocenters. The Balaban J connectivity index is 1.76. The van der Waals surface area contributed by atoms with Gasteiger partial charge in [0.15, 0.2) is 0 Å². The predicted molar refractivity (Wildman–Crippen MR) is 83.8 cm³/mol. The lowest BCUT2D eigenvalue weighted by Gasteiger charge is -2.10. The summed E-state index contributed by atoms with van der Waals surface area (Å²) in [6.07, 6.45) is 5.79. The van der Waals surface area contributed by atoms with Gasteiger partial charge in [-0.25, -0.2) is 0 Å². The molecule has 6 nitrogen and oxygen atoms in total. The van der Waals surface area contributed by atoms with Gasteiger partial charge < -0.3 is 5.73 Å². The number of amidine groups is 1. The summed E-state index contributed by atoms with van der Waals surface area (Å²) in [5.41, 5.74) is 6.11. The summed E-state index contributed by atoms with van der Waals surface area (Å²) in [5.74, 6) is 1.12. The Hall–Kier alpha value is -1.89. The van der Waals surface area contributed by atoms with Crippen molar-refractivity contribution in [3.05, 3.63) is 28.4 Å². The SMILES string of the molecule is CC(N)=NCCCCCSC1=CC(=O)c2[nH]ncc2C1=O. The van der Waals surface area contributed by atoms with Crippen molar-refractivity contribution >= 4 is 29.2 Å². The lowest BCUT2D eigenvalue weighted by Crippen LogP contribution is -2.14. The number of hydrogen-bond donors (Lipinski definition) is 2. The Kier molecular flexibility index (Phi) is 5.32. The van der Waals surface area contributed by atoms with Crippen LogP contribution in [0.25, 0.3) is 0 Å². The molecule has 0 spiro atoms. The lowest BCUT2D eigenvalue weighted by atomic mass is 10.0. The Morgan fingerprint density at radius 1 is 1.38 bits per heavy atom. The quantitative estimate of drug-likeness (QED) is 0.455. The molecule has 0 radical (unpaired) electrons. The van der Waals surface area contributed by atoms with E-state index in [1.165, 1.54) is 24.0 Å². The molecular weight excluding hydrogens is 288 g/mol. The number of hydrogen-bond acceptors (Lipinski definition) is 5. The summed E-state index contributed by atoms with van der Waals surface area (Å²) in [6.45, 7) is 2.52. The molecule has 2 rings (SSSR count). The zero-order chi connectivity index (χ0) is 15.2. The fraction of sp³-hybridized carbons (Fsp3) is 0.429. The Morgan fingerprint density at radius 3 is 2.95 bits per heavy atom. The summed E-state index contributed by atoms with van der Waals surface area (Å²) in [4.78, 5) is 28.6. The third-order valence-corrected chi connectivity index (χ3v) is 4.14. The third-order valence-electron chi connectivity index (χ3n) is 3.04. The molecule has 0 aromatic carbocycles. The van der Waals surface area contributed by atoms with Crippen molar-refractivity contribution in [1.29, 1.82) is 0 Å². The second-order valence-corrected chi connectivity index (χ2v) is 5.93. The van der Waals surface area contributed by atoms with Crippen LogP contribution in [0.3, 0.4) is 0 Å². The van der Waals surface area contributed by atoms with Crippen LogP contribution in [-0.2, 0) is 0 Å². The van der Waals surface area contributed by atoms with Crippen molar-refractivity contribution in [1.82, 2.24) is 10.2 Å². The number of allylic oxidation sites excluding steroid dienone is 2. The molecule has 21 heavy (non-hydrogen) atoms. The Morgan fingerprint density at radius 2 is 2.19 bits per heavy atom. The minimum absolute atomic E-state index is 0.119. The zero-order valence-corrected chi connectivity index (χ0v) is 12.7. The van der Waals surface area contributed by atoms with E-state index < -0.39 is 0 Å². The first kappa shape index (κ1) is 15.5. The third kappa shape index (κ3) is 4.04. The number of H-pyrrole nitrogens is 1. The number of fused-ring (bicyclic) bond motifs is 1. The first-order chi connectivity index (χ1) is 10.1. The topological polar surface area (TPSA) is 101 Å². The number of carbonyl (C=O) groups is 2. The van der Waals surface area contributed by atoms with Crippen LogP contribution < -0.4 is 5.73 Å². The Bertz CT molecular complexity index is 600. The van der Waals surface area contributed by atoms with Crippen LogP contribution in [0.5, 0.6) is 0 Å². The van der Waals surface area contributed by atoms with Crippen molar-refractivity contribution in [3.63, 3.8) is 0 Å². The number of ketones is 2. The van der Waals surface area contributed by atoms with E-state index in [1.807, 2.05) is 0 Å². The van der Waals surface area contributed by atoms with Crippen molar-refractivity contribution in [2.75, 3.05) is 12.3 Å². The molecule has 1 aromatic rings. The van der Waals surface area contributed by atoms with E-state index in [4.69, 9.17) is 5.73 Å². The molecule has 0 aliphatic heterocycles. The molecule has 0 fully saturated rings. The summed E-state index contributed by atoms with van der Waals surface area (Å²) in [6, 6.07) is 0. The molecule has 0 saturated carbocycles. The van der Waals surface area contributed by atoms with Gasteiger partial charge in [0.1, 0.15) is 5.69 Å². The number of unbranched alkanes of at least 4 members (excludes halogenated alkanes) is 2. The maximum absolute atomic E-state index is 12.1. The Labute approximate surface area is 127 Å². The van der Waals surface area contributed by atoms with Crippen LogP contribution in [-0.4, -0.2) is 39.9 Å². The first-order valence-corrected chi connectivity index (χ1v) is 7.81. The molecule has 0 unspecified atom stereocenters. The van der Waals surface area contributed by atoms with E-state index in [9.17, 15) is 9.59 Å². The summed E-state index contributed by atoms with van der Waals surface area (Å²) in [5, 5.41) is 6.31. The van der Waals surface area contributed by atoms with Crippen LogP contribution in [0.4, 0.5) is 0 Å². The monoisotopic (exact) mass is 306 g/mol. The minimum atomic E-state index is -0.183. The number of carbonyl (C=O) groups excluding carboxylic acids is 2. The normalized spacial score (nSPS) is 15.1. The standard InChI is InChI=1S/C14H18N4O2S/c1-9(15)16-5-3-2-4-6-21-12-7-11(19)13-10(14(12)20)8-17-18-13/h7-8H,2-6H2,1H3,(H2,15,16)(H,17,18). The van der Waals surface area contributed by atoms with Gasteiger partial charge in [-0.15, -0.1) is 11.8 Å². The number of rotatable bonds is 7. The number of aliphatic imine (C=N–C) groups is 1. The summed E-state index contributed by atoms with van der Waals surface area (Å²) in [7, 11) is 0. The highest BCUT2D eigenvalue weighted by atomic mass is 32.2. The largest absolute Gasteiger partial charge is 0.388 e. The van der Waals surface area contributed by atoms with E-state index in [2.05, 4.69) is 15.2 Å². The van der Waals surface area contributed by atoms with Gasteiger partial charge >= 0.3 is 0 Å². The van der Waals surface area contributed by atoms with Gasteiger partial charge in [-0.3, -0.25) is 19.7 Å². The smallest absolute Gasteiger partial charge is 0.205 e. The van der Waals surface area contributed by atoms with Crippen LogP contribution in [0, 0.1) is 0 Å². The predicted octanol–water partition coefficient (Wildman–Crippen LogP) is 1.95. The highest BCUT2D eigenvalue weighted by Crippen LogP contribution is 2.27. The fourth-order valence-corrected chi connectivity index (χ4v) is 2.97. The number of thioether (sulfide) groups is 1. The van der Waals surface area contributed by atoms with Gasteiger partial charge in [-0.05, 0) is 25.5 Å². The van der Waals surface area contributed by atoms with Gasteiger partial charge in [-0.1, -0.05) is 6.42 Å². The summed E-state index contributed by atoms with van der Waals surface area (Å²) < 4.78 is 0. The zero-order valence-electron chi connectivity index (χ0n) is 11.9. The van der Waals surface area contributed by atoms with Crippen LogP contribution in [0.2, 0.25) is 0 Å². The van der Waals surface area contributed by atoms with E-state index in [1.54, 1.807) is 6.92 Å². The van der Waals surface area contributed by atoms with Gasteiger partial charge in [-0.2, -0.15) is 5.10 Å². The molecular formula is C14H18N4O2S. The highest BCUT2D eigenvalue weighted by Gasteiger charge is 2.27. The maximum atomic E-state index is 12.1. The average Bonchev–Trinajstić information content (AvgIpc) is 2.92. The highest BCUT2D eigenvalue weighted by molar-refractivity contribution is 8.04. The summed E-state index contributed by atoms with van der Waals surface area (Å²) >= 11 is 1.43. The molecule has 1 aliphatic rings. The van der Waals surface area contributed by atoms with Crippen molar-refractivity contribution in [2.24, 2.45) is 10.7 Å². The number of nitrogens with two attached hydrogens (primary N) is 1. The van der Waals surface area contributed by atoms with Crippen molar-refractivity contribution < 1.29 is 9.59 Å².